The van der Waals surface area contributed by atoms with Crippen molar-refractivity contribution in [3.05, 3.63) is 41.6 Å². The summed E-state index contributed by atoms with van der Waals surface area (Å²) in [4.78, 5) is 0. The Morgan fingerprint density at radius 3 is 2.83 bits per heavy atom. The number of benzene rings is 1. The maximum atomic E-state index is 3.49. The molecule has 0 amide bonds. The van der Waals surface area contributed by atoms with Crippen LogP contribution in [0.2, 0.25) is 0 Å². The van der Waals surface area contributed by atoms with E-state index in [4.69, 9.17) is 0 Å². The highest BCUT2D eigenvalue weighted by atomic mass is 15.3. The highest BCUT2D eigenvalue weighted by Gasteiger charge is 1.88. The van der Waals surface area contributed by atoms with E-state index >= 15 is 0 Å². The van der Waals surface area contributed by atoms with Crippen LogP contribution in [-0.2, 0) is 0 Å². The van der Waals surface area contributed by atoms with Crippen LogP contribution in [0.1, 0.15) is 11.1 Å². The van der Waals surface area contributed by atoms with Crippen molar-refractivity contribution in [3.63, 3.8) is 0 Å². The van der Waals surface area contributed by atoms with Gasteiger partial charge in [0.25, 0.3) is 0 Å². The average Bonchev–Trinajstić information content (AvgIpc) is 2.09. The predicted octanol–water partition coefficient (Wildman–Crippen LogP) is 2.17. The van der Waals surface area contributed by atoms with Gasteiger partial charge in [-0.2, -0.15) is 5.10 Å². The first-order valence-electron chi connectivity index (χ1n) is 3.78. The quantitative estimate of drug-likeness (QED) is 0.532. The highest BCUT2D eigenvalue weighted by molar-refractivity contribution is 5.52. The number of nitrogens with zero attached hydrogens (tertiary/aromatic N) is 1. The van der Waals surface area contributed by atoms with Gasteiger partial charge in [0.2, 0.25) is 0 Å². The number of nitrogens with one attached hydrogen (secondary N) is 1. The fourth-order valence-electron chi connectivity index (χ4n) is 0.954. The number of hydrogen-bond donors (Lipinski definition) is 1. The lowest BCUT2D eigenvalue weighted by atomic mass is 10.1. The molecule has 0 bridgehead atoms. The van der Waals surface area contributed by atoms with Crippen LogP contribution in [0, 0.1) is 6.92 Å². The van der Waals surface area contributed by atoms with Crippen LogP contribution in [0.15, 0.2) is 35.6 Å². The van der Waals surface area contributed by atoms with Crippen LogP contribution in [0.25, 0.3) is 6.08 Å². The molecule has 62 valence electrons. The Bertz CT molecular complexity index is 290. The molecule has 0 aromatic heterocycles. The molecule has 1 aromatic carbocycles. The fraction of sp³-hybridized carbons (Fsp3) is 0.100. The molecule has 0 aliphatic heterocycles. The maximum absolute atomic E-state index is 3.49. The summed E-state index contributed by atoms with van der Waals surface area (Å²) in [6.07, 6.45) is 3.72. The zero-order chi connectivity index (χ0) is 8.81. The third kappa shape index (κ3) is 2.23. The van der Waals surface area contributed by atoms with Crippen LogP contribution in [0.5, 0.6) is 0 Å². The van der Waals surface area contributed by atoms with Crippen molar-refractivity contribution in [2.45, 2.75) is 6.92 Å². The molecule has 0 saturated carbocycles. The molecule has 0 radical (unpaired) electrons. The van der Waals surface area contributed by atoms with Crippen LogP contribution in [0.4, 0.5) is 0 Å². The third-order valence-electron chi connectivity index (χ3n) is 1.62. The topological polar surface area (TPSA) is 24.4 Å². The lowest BCUT2D eigenvalue weighted by Crippen LogP contribution is -1.89. The Morgan fingerprint density at radius 1 is 1.42 bits per heavy atom. The minimum Gasteiger partial charge on any atom is -0.286 e. The lowest BCUT2D eigenvalue weighted by Gasteiger charge is -1.97. The van der Waals surface area contributed by atoms with E-state index in [1.807, 2.05) is 18.2 Å². The second-order valence-electron chi connectivity index (χ2n) is 2.48. The second-order valence-corrected chi connectivity index (χ2v) is 2.48. The van der Waals surface area contributed by atoms with E-state index in [2.05, 4.69) is 36.3 Å². The predicted molar refractivity (Wildman–Crippen MR) is 52.9 cm³/mol. The molecule has 0 spiro atoms. The van der Waals surface area contributed by atoms with Gasteiger partial charge in [-0.25, -0.2) is 0 Å². The minimum absolute atomic E-state index is 1.19. The molecule has 1 rings (SSSR count). The summed E-state index contributed by atoms with van der Waals surface area (Å²) in [5.74, 6) is 0. The van der Waals surface area contributed by atoms with Crippen LogP contribution in [0.3, 0.4) is 0 Å². The van der Waals surface area contributed by atoms with Crippen molar-refractivity contribution >= 4 is 12.8 Å². The van der Waals surface area contributed by atoms with Gasteiger partial charge in [-0.05, 0) is 24.1 Å². The van der Waals surface area contributed by atoms with Crippen LogP contribution >= 0.6 is 0 Å². The van der Waals surface area contributed by atoms with Gasteiger partial charge < -0.3 is 0 Å². The Labute approximate surface area is 72.6 Å². The van der Waals surface area contributed by atoms with Gasteiger partial charge in [-0.1, -0.05) is 24.3 Å². The number of aryl methyl sites for hydroxylation is 1. The van der Waals surface area contributed by atoms with Gasteiger partial charge in [-0.15, -0.1) is 0 Å². The van der Waals surface area contributed by atoms with E-state index in [1.54, 1.807) is 6.20 Å². The normalized spacial score (nSPS) is 10.1. The molecule has 0 atom stereocenters. The Morgan fingerprint density at radius 2 is 2.17 bits per heavy atom. The number of hydrogen-bond acceptors (Lipinski definition) is 2. The first-order chi connectivity index (χ1) is 5.84. The van der Waals surface area contributed by atoms with Crippen molar-refractivity contribution in [2.24, 2.45) is 5.10 Å². The van der Waals surface area contributed by atoms with Gasteiger partial charge in [-0.3, -0.25) is 5.43 Å². The summed E-state index contributed by atoms with van der Waals surface area (Å²) in [6.45, 7) is 5.37. The molecule has 0 fully saturated rings. The highest BCUT2D eigenvalue weighted by Crippen LogP contribution is 2.07. The second kappa shape index (κ2) is 4.34. The molecule has 0 saturated heterocycles. The summed E-state index contributed by atoms with van der Waals surface area (Å²) < 4.78 is 0. The zero-order valence-corrected chi connectivity index (χ0v) is 7.12. The molecule has 0 aliphatic rings. The number of hydrazone groups is 1. The van der Waals surface area contributed by atoms with Crippen molar-refractivity contribution in [1.82, 2.24) is 5.43 Å². The molecule has 12 heavy (non-hydrogen) atoms. The molecule has 1 N–H and O–H groups in total. The van der Waals surface area contributed by atoms with E-state index in [-0.39, 0.29) is 0 Å². The monoisotopic (exact) mass is 160 g/mol. The third-order valence-corrected chi connectivity index (χ3v) is 1.62. The molecular weight excluding hydrogens is 148 g/mol. The van der Waals surface area contributed by atoms with E-state index in [0.29, 0.717) is 0 Å². The first-order valence-corrected chi connectivity index (χ1v) is 3.78. The van der Waals surface area contributed by atoms with Crippen molar-refractivity contribution in [1.29, 1.82) is 0 Å². The van der Waals surface area contributed by atoms with Crippen molar-refractivity contribution in [2.75, 3.05) is 0 Å². The number of rotatable bonds is 3. The summed E-state index contributed by atoms with van der Waals surface area (Å²) in [6, 6.07) is 8.15. The molecule has 2 heteroatoms. The Balaban J connectivity index is 2.74. The SMILES string of the molecule is C=NN/C=C\c1ccccc1C. The van der Waals surface area contributed by atoms with Gasteiger partial charge in [0.15, 0.2) is 0 Å². The smallest absolute Gasteiger partial charge is 0.0205 e. The van der Waals surface area contributed by atoms with E-state index in [1.165, 1.54) is 11.1 Å². The molecule has 2 nitrogen and oxygen atoms in total. The molecule has 1 aromatic rings. The molecule has 0 aliphatic carbocycles. The van der Waals surface area contributed by atoms with Gasteiger partial charge >= 0.3 is 0 Å². The summed E-state index contributed by atoms with van der Waals surface area (Å²) >= 11 is 0. The van der Waals surface area contributed by atoms with Crippen LogP contribution < -0.4 is 5.43 Å². The molecule has 0 unspecified atom stereocenters. The van der Waals surface area contributed by atoms with E-state index < -0.39 is 0 Å². The largest absolute Gasteiger partial charge is 0.286 e. The van der Waals surface area contributed by atoms with Crippen LogP contribution in [-0.4, -0.2) is 6.72 Å². The fourth-order valence-corrected chi connectivity index (χ4v) is 0.954. The van der Waals surface area contributed by atoms with Gasteiger partial charge in [0.1, 0.15) is 0 Å². The average molecular weight is 160 g/mol. The first kappa shape index (κ1) is 8.53. The summed E-state index contributed by atoms with van der Waals surface area (Å²) in [7, 11) is 0. The van der Waals surface area contributed by atoms with Gasteiger partial charge in [0.05, 0.1) is 0 Å². The zero-order valence-electron chi connectivity index (χ0n) is 7.12. The van der Waals surface area contributed by atoms with Crippen molar-refractivity contribution < 1.29 is 0 Å². The molecule has 0 heterocycles. The Kier molecular flexibility index (Phi) is 3.08. The maximum Gasteiger partial charge on any atom is 0.0205 e. The lowest BCUT2D eigenvalue weighted by molar-refractivity contribution is 0.987. The van der Waals surface area contributed by atoms with Crippen molar-refractivity contribution in [3.8, 4) is 0 Å². The summed E-state index contributed by atoms with van der Waals surface area (Å²) in [5.41, 5.74) is 5.10. The van der Waals surface area contributed by atoms with Gasteiger partial charge in [0, 0.05) is 12.9 Å². The van der Waals surface area contributed by atoms with E-state index in [0.717, 1.165) is 0 Å². The standard InChI is InChI=1S/C10H12N2/c1-9-5-3-4-6-10(9)7-8-12-11-2/h3-8,12H,2H2,1H3/b8-7-. The summed E-state index contributed by atoms with van der Waals surface area (Å²) in [5, 5.41) is 3.49. The molecular formula is C10H12N2. The Hall–Kier alpha value is -1.57. The minimum atomic E-state index is 1.19. The van der Waals surface area contributed by atoms with E-state index in [9.17, 15) is 0 Å².